The first-order valence-electron chi connectivity index (χ1n) is 4.47. The van der Waals surface area contributed by atoms with Crippen molar-refractivity contribution in [2.75, 3.05) is 7.11 Å². The van der Waals surface area contributed by atoms with Crippen LogP contribution in [0.15, 0.2) is 12.1 Å². The van der Waals surface area contributed by atoms with Crippen LogP contribution in [0.2, 0.25) is 5.02 Å². The van der Waals surface area contributed by atoms with Gasteiger partial charge < -0.3 is 10.5 Å². The Morgan fingerprint density at radius 1 is 1.38 bits per heavy atom. The molecule has 0 saturated heterocycles. The van der Waals surface area contributed by atoms with Crippen molar-refractivity contribution in [1.82, 2.24) is 0 Å². The molecule has 1 unspecified atom stereocenters. The summed E-state index contributed by atoms with van der Waals surface area (Å²) >= 11 is 5.75. The number of hydrogen-bond donors (Lipinski definition) is 1. The third kappa shape index (κ3) is 2.59. The Labute approximate surface area is 96.1 Å². The van der Waals surface area contributed by atoms with E-state index in [2.05, 4.69) is 0 Å². The first-order chi connectivity index (χ1) is 7.27. The molecule has 0 fully saturated rings. The van der Waals surface area contributed by atoms with Gasteiger partial charge in [0.05, 0.1) is 17.7 Å². The maximum absolute atomic E-state index is 12.7. The minimum Gasteiger partial charge on any atom is -0.495 e. The summed E-state index contributed by atoms with van der Waals surface area (Å²) in [5, 5.41) is 0.114. The van der Waals surface area contributed by atoms with Gasteiger partial charge in [0, 0.05) is 6.04 Å². The molecule has 0 aromatic heterocycles. The van der Waals surface area contributed by atoms with Gasteiger partial charge in [-0.1, -0.05) is 11.6 Å². The number of benzene rings is 1. The van der Waals surface area contributed by atoms with Gasteiger partial charge >= 0.3 is 6.18 Å². The number of alkyl halides is 3. The Balaban J connectivity index is 3.43. The maximum atomic E-state index is 12.7. The van der Waals surface area contributed by atoms with Crippen molar-refractivity contribution >= 4 is 11.6 Å². The Morgan fingerprint density at radius 2 is 1.94 bits per heavy atom. The van der Waals surface area contributed by atoms with Crippen LogP contribution < -0.4 is 10.5 Å². The maximum Gasteiger partial charge on any atom is 0.416 e. The Hall–Kier alpha value is -0.940. The van der Waals surface area contributed by atoms with E-state index in [1.165, 1.54) is 20.1 Å². The fraction of sp³-hybridized carbons (Fsp3) is 0.400. The lowest BCUT2D eigenvalue weighted by Gasteiger charge is -2.17. The fourth-order valence-electron chi connectivity index (χ4n) is 1.35. The smallest absolute Gasteiger partial charge is 0.416 e. The van der Waals surface area contributed by atoms with Gasteiger partial charge in [-0.2, -0.15) is 13.2 Å². The van der Waals surface area contributed by atoms with Crippen molar-refractivity contribution in [3.8, 4) is 5.75 Å². The molecule has 0 aliphatic rings. The molecule has 2 nitrogen and oxygen atoms in total. The second kappa shape index (κ2) is 4.51. The largest absolute Gasteiger partial charge is 0.495 e. The standard InChI is InChI=1S/C10H11ClF3NO/c1-5(15)6-3-8(11)9(16-2)4-7(6)10(12,13)14/h3-5H,15H2,1-2H3. The molecule has 0 aliphatic carbocycles. The van der Waals surface area contributed by atoms with Crippen LogP contribution in [0.3, 0.4) is 0 Å². The lowest BCUT2D eigenvalue weighted by atomic mass is 10.0. The molecule has 2 N–H and O–H groups in total. The van der Waals surface area contributed by atoms with E-state index in [4.69, 9.17) is 22.1 Å². The number of methoxy groups -OCH3 is 1. The number of rotatable bonds is 2. The third-order valence-electron chi connectivity index (χ3n) is 2.12. The molecule has 0 bridgehead atoms. The zero-order chi connectivity index (χ0) is 12.5. The minimum absolute atomic E-state index is 0.0154. The molecule has 0 saturated carbocycles. The number of hydrogen-bond acceptors (Lipinski definition) is 2. The first-order valence-corrected chi connectivity index (χ1v) is 4.85. The van der Waals surface area contributed by atoms with Crippen LogP contribution >= 0.6 is 11.6 Å². The van der Waals surface area contributed by atoms with Crippen LogP contribution in [-0.4, -0.2) is 7.11 Å². The summed E-state index contributed by atoms with van der Waals surface area (Å²) in [4.78, 5) is 0. The molecule has 1 rings (SSSR count). The first kappa shape index (κ1) is 13.1. The molecule has 1 aromatic carbocycles. The molecule has 1 atom stereocenters. The molecule has 0 amide bonds. The van der Waals surface area contributed by atoms with Crippen LogP contribution in [0.1, 0.15) is 24.1 Å². The van der Waals surface area contributed by atoms with Gasteiger partial charge in [0.25, 0.3) is 0 Å². The number of halogens is 4. The van der Waals surface area contributed by atoms with E-state index in [9.17, 15) is 13.2 Å². The minimum atomic E-state index is -4.47. The Bertz CT molecular complexity index is 390. The molecule has 1 aromatic rings. The van der Waals surface area contributed by atoms with Crippen molar-refractivity contribution in [2.45, 2.75) is 19.1 Å². The van der Waals surface area contributed by atoms with Crippen LogP contribution in [0, 0.1) is 0 Å². The molecule has 0 heterocycles. The second-order valence-electron chi connectivity index (χ2n) is 3.36. The van der Waals surface area contributed by atoms with Gasteiger partial charge in [-0.25, -0.2) is 0 Å². The van der Waals surface area contributed by atoms with E-state index in [-0.39, 0.29) is 16.3 Å². The number of nitrogens with two attached hydrogens (primary N) is 1. The van der Waals surface area contributed by atoms with Gasteiger partial charge in [-0.3, -0.25) is 0 Å². The quantitative estimate of drug-likeness (QED) is 0.877. The molecule has 16 heavy (non-hydrogen) atoms. The van der Waals surface area contributed by atoms with Gasteiger partial charge in [0.1, 0.15) is 5.75 Å². The van der Waals surface area contributed by atoms with Crippen LogP contribution in [0.5, 0.6) is 5.75 Å². The summed E-state index contributed by atoms with van der Waals surface area (Å²) in [5.74, 6) is -0.0154. The summed E-state index contributed by atoms with van der Waals surface area (Å²) < 4.78 is 42.9. The predicted molar refractivity (Wildman–Crippen MR) is 55.6 cm³/mol. The van der Waals surface area contributed by atoms with Crippen LogP contribution in [0.25, 0.3) is 0 Å². The molecule has 0 radical (unpaired) electrons. The summed E-state index contributed by atoms with van der Waals surface area (Å²) in [5.41, 5.74) is 4.61. The van der Waals surface area contributed by atoms with E-state index >= 15 is 0 Å². The molecule has 0 spiro atoms. The van der Waals surface area contributed by atoms with E-state index in [0.717, 1.165) is 6.07 Å². The zero-order valence-corrected chi connectivity index (χ0v) is 9.49. The summed E-state index contributed by atoms with van der Waals surface area (Å²) in [6.07, 6.45) is -4.47. The van der Waals surface area contributed by atoms with E-state index < -0.39 is 17.8 Å². The highest BCUT2D eigenvalue weighted by molar-refractivity contribution is 6.32. The van der Waals surface area contributed by atoms with Crippen LogP contribution in [0.4, 0.5) is 13.2 Å². The van der Waals surface area contributed by atoms with Crippen molar-refractivity contribution in [3.05, 3.63) is 28.3 Å². The molecule has 0 aliphatic heterocycles. The highest BCUT2D eigenvalue weighted by Gasteiger charge is 2.35. The van der Waals surface area contributed by atoms with Gasteiger partial charge in [-0.15, -0.1) is 0 Å². The van der Waals surface area contributed by atoms with Gasteiger partial charge in [0.15, 0.2) is 0 Å². The summed E-state index contributed by atoms with van der Waals surface area (Å²) in [6.45, 7) is 1.47. The average Bonchev–Trinajstić information content (AvgIpc) is 2.15. The molecule has 90 valence electrons. The van der Waals surface area contributed by atoms with Crippen LogP contribution in [-0.2, 0) is 6.18 Å². The average molecular weight is 254 g/mol. The van der Waals surface area contributed by atoms with Crippen molar-refractivity contribution in [2.24, 2.45) is 5.73 Å². The topological polar surface area (TPSA) is 35.2 Å². The molecular formula is C10H11ClF3NO. The van der Waals surface area contributed by atoms with E-state index in [1.54, 1.807) is 0 Å². The molecular weight excluding hydrogens is 243 g/mol. The summed E-state index contributed by atoms with van der Waals surface area (Å²) in [7, 11) is 1.26. The van der Waals surface area contributed by atoms with Gasteiger partial charge in [-0.05, 0) is 24.6 Å². The second-order valence-corrected chi connectivity index (χ2v) is 3.77. The fourth-order valence-corrected chi connectivity index (χ4v) is 1.60. The highest BCUT2D eigenvalue weighted by Crippen LogP contribution is 2.39. The van der Waals surface area contributed by atoms with E-state index in [1.807, 2.05) is 0 Å². The summed E-state index contributed by atoms with van der Waals surface area (Å²) in [6, 6.07) is 1.30. The zero-order valence-electron chi connectivity index (χ0n) is 8.73. The van der Waals surface area contributed by atoms with Crippen molar-refractivity contribution in [3.63, 3.8) is 0 Å². The Kier molecular flexibility index (Phi) is 3.70. The third-order valence-corrected chi connectivity index (χ3v) is 2.42. The van der Waals surface area contributed by atoms with Gasteiger partial charge in [0.2, 0.25) is 0 Å². The number of ether oxygens (including phenoxy) is 1. The van der Waals surface area contributed by atoms with E-state index in [0.29, 0.717) is 0 Å². The molecule has 6 heteroatoms. The van der Waals surface area contributed by atoms with Crippen molar-refractivity contribution < 1.29 is 17.9 Å². The Morgan fingerprint density at radius 3 is 2.31 bits per heavy atom. The highest BCUT2D eigenvalue weighted by atomic mass is 35.5. The normalized spacial score (nSPS) is 13.7. The predicted octanol–water partition coefficient (Wildman–Crippen LogP) is 3.39. The lowest BCUT2D eigenvalue weighted by Crippen LogP contribution is -2.15. The SMILES string of the molecule is COc1cc(C(F)(F)F)c(C(C)N)cc1Cl. The monoisotopic (exact) mass is 253 g/mol. The van der Waals surface area contributed by atoms with Crippen molar-refractivity contribution in [1.29, 1.82) is 0 Å². The lowest BCUT2D eigenvalue weighted by molar-refractivity contribution is -0.138.